The molecule has 1 amide bonds. The Labute approximate surface area is 127 Å². The number of nitrogens with one attached hydrogen (secondary N) is 1. The first-order valence-corrected chi connectivity index (χ1v) is 7.26. The van der Waals surface area contributed by atoms with Crippen molar-refractivity contribution in [3.8, 4) is 0 Å². The van der Waals surface area contributed by atoms with Gasteiger partial charge >= 0.3 is 0 Å². The van der Waals surface area contributed by atoms with Crippen molar-refractivity contribution in [2.24, 2.45) is 16.3 Å². The van der Waals surface area contributed by atoms with Crippen LogP contribution in [0.3, 0.4) is 0 Å². The summed E-state index contributed by atoms with van der Waals surface area (Å²) in [6.45, 7) is 5.62. The molecule has 1 aromatic rings. The van der Waals surface area contributed by atoms with E-state index < -0.39 is 5.41 Å². The first-order valence-electron chi connectivity index (χ1n) is 6.46. The highest BCUT2D eigenvalue weighted by molar-refractivity contribution is 9.10. The molecule has 0 bridgehead atoms. The molecule has 20 heavy (non-hydrogen) atoms. The van der Waals surface area contributed by atoms with E-state index in [4.69, 9.17) is 10.9 Å². The van der Waals surface area contributed by atoms with Crippen LogP contribution in [0.4, 0.5) is 5.69 Å². The standard InChI is InChI=1S/C14H20BrN3O2/c1-4-14(5-2,12(16)18-20)13(19)17-11-8-9(3)6-7-10(11)15/h6-8,20H,4-5H2,1-3H3,(H2,16,18)(H,17,19). The van der Waals surface area contributed by atoms with E-state index in [-0.39, 0.29) is 11.7 Å². The number of nitrogens with two attached hydrogens (primary N) is 1. The second-order valence-corrected chi connectivity index (χ2v) is 5.57. The van der Waals surface area contributed by atoms with Gasteiger partial charge < -0.3 is 16.3 Å². The molecule has 0 heterocycles. The molecule has 1 rings (SSSR count). The minimum absolute atomic E-state index is 0.0659. The number of carbonyl (C=O) groups is 1. The van der Waals surface area contributed by atoms with Crippen molar-refractivity contribution in [2.45, 2.75) is 33.6 Å². The topological polar surface area (TPSA) is 87.7 Å². The van der Waals surface area contributed by atoms with Gasteiger partial charge in [0.25, 0.3) is 0 Å². The number of nitrogens with zero attached hydrogens (tertiary/aromatic N) is 1. The smallest absolute Gasteiger partial charge is 0.238 e. The number of anilines is 1. The highest BCUT2D eigenvalue weighted by Gasteiger charge is 2.40. The maximum atomic E-state index is 12.6. The molecule has 0 saturated heterocycles. The molecule has 0 radical (unpaired) electrons. The average Bonchev–Trinajstić information content (AvgIpc) is 2.44. The lowest BCUT2D eigenvalue weighted by Crippen LogP contribution is -2.46. The lowest BCUT2D eigenvalue weighted by atomic mass is 9.80. The van der Waals surface area contributed by atoms with E-state index >= 15 is 0 Å². The first kappa shape index (κ1) is 16.5. The van der Waals surface area contributed by atoms with Crippen LogP contribution < -0.4 is 11.1 Å². The molecule has 0 saturated carbocycles. The van der Waals surface area contributed by atoms with Crippen LogP contribution in [0.25, 0.3) is 0 Å². The lowest BCUT2D eigenvalue weighted by Gasteiger charge is -2.28. The van der Waals surface area contributed by atoms with Gasteiger partial charge in [0.2, 0.25) is 5.91 Å². The fraction of sp³-hybridized carbons (Fsp3) is 0.429. The molecule has 0 aliphatic carbocycles. The first-order chi connectivity index (χ1) is 9.41. The maximum Gasteiger partial charge on any atom is 0.238 e. The number of aryl methyl sites for hydroxylation is 1. The predicted molar refractivity (Wildman–Crippen MR) is 83.9 cm³/mol. The van der Waals surface area contributed by atoms with Gasteiger partial charge in [0.15, 0.2) is 5.84 Å². The number of amidine groups is 1. The van der Waals surface area contributed by atoms with E-state index in [9.17, 15) is 4.79 Å². The Kier molecular flexibility index (Phi) is 5.56. The molecule has 5 nitrogen and oxygen atoms in total. The molecular formula is C14H20BrN3O2. The van der Waals surface area contributed by atoms with Gasteiger partial charge in [-0.3, -0.25) is 4.79 Å². The molecule has 0 aromatic heterocycles. The monoisotopic (exact) mass is 341 g/mol. The van der Waals surface area contributed by atoms with Crippen LogP contribution in [0.1, 0.15) is 32.3 Å². The SMILES string of the molecule is CCC(CC)(C(=O)Nc1cc(C)ccc1Br)/C(N)=N/O. The quantitative estimate of drug-likeness (QED) is 0.332. The second-order valence-electron chi connectivity index (χ2n) is 4.71. The minimum atomic E-state index is -1.00. The van der Waals surface area contributed by atoms with Gasteiger partial charge in [0, 0.05) is 4.47 Å². The summed E-state index contributed by atoms with van der Waals surface area (Å²) >= 11 is 3.40. The summed E-state index contributed by atoms with van der Waals surface area (Å²) in [6.07, 6.45) is 0.906. The van der Waals surface area contributed by atoms with Gasteiger partial charge in [-0.2, -0.15) is 0 Å². The van der Waals surface area contributed by atoms with Crippen molar-refractivity contribution in [2.75, 3.05) is 5.32 Å². The second kappa shape index (κ2) is 6.74. The van der Waals surface area contributed by atoms with Crippen molar-refractivity contribution in [1.29, 1.82) is 0 Å². The molecule has 0 unspecified atom stereocenters. The Bertz CT molecular complexity index is 525. The highest BCUT2D eigenvalue weighted by atomic mass is 79.9. The number of amides is 1. The Morgan fingerprint density at radius 3 is 2.55 bits per heavy atom. The maximum absolute atomic E-state index is 12.6. The van der Waals surface area contributed by atoms with E-state index in [2.05, 4.69) is 26.4 Å². The van der Waals surface area contributed by atoms with Crippen molar-refractivity contribution in [1.82, 2.24) is 0 Å². The molecule has 0 spiro atoms. The zero-order chi connectivity index (χ0) is 15.3. The van der Waals surface area contributed by atoms with E-state index in [0.29, 0.717) is 18.5 Å². The van der Waals surface area contributed by atoms with Crippen LogP contribution in [0.2, 0.25) is 0 Å². The summed E-state index contributed by atoms with van der Waals surface area (Å²) in [5, 5.41) is 14.8. The van der Waals surface area contributed by atoms with E-state index in [1.165, 1.54) is 0 Å². The van der Waals surface area contributed by atoms with E-state index in [1.807, 2.05) is 39.0 Å². The Morgan fingerprint density at radius 1 is 1.45 bits per heavy atom. The number of rotatable bonds is 5. The third kappa shape index (κ3) is 3.12. The van der Waals surface area contributed by atoms with Crippen LogP contribution >= 0.6 is 15.9 Å². The summed E-state index contributed by atoms with van der Waals surface area (Å²) in [6, 6.07) is 5.68. The number of hydrogen-bond acceptors (Lipinski definition) is 3. The van der Waals surface area contributed by atoms with Gasteiger partial charge in [-0.25, -0.2) is 0 Å². The number of oxime groups is 1. The highest BCUT2D eigenvalue weighted by Crippen LogP contribution is 2.31. The number of hydrogen-bond donors (Lipinski definition) is 3. The van der Waals surface area contributed by atoms with Gasteiger partial charge in [-0.1, -0.05) is 25.1 Å². The Balaban J connectivity index is 3.12. The van der Waals surface area contributed by atoms with Crippen LogP contribution in [-0.4, -0.2) is 17.0 Å². The van der Waals surface area contributed by atoms with Crippen LogP contribution in [-0.2, 0) is 4.79 Å². The molecule has 0 aliphatic heterocycles. The number of halogens is 1. The van der Waals surface area contributed by atoms with Gasteiger partial charge in [0.1, 0.15) is 5.41 Å². The zero-order valence-corrected chi connectivity index (χ0v) is 13.5. The van der Waals surface area contributed by atoms with Crippen LogP contribution in [0, 0.1) is 12.3 Å². The van der Waals surface area contributed by atoms with E-state index in [1.54, 1.807) is 0 Å². The third-order valence-corrected chi connectivity index (χ3v) is 4.30. The molecule has 110 valence electrons. The summed E-state index contributed by atoms with van der Waals surface area (Å²) in [5.74, 6) is -0.340. The average molecular weight is 342 g/mol. The van der Waals surface area contributed by atoms with E-state index in [0.717, 1.165) is 10.0 Å². The largest absolute Gasteiger partial charge is 0.409 e. The molecule has 1 aromatic carbocycles. The molecule has 0 atom stereocenters. The summed E-state index contributed by atoms with van der Waals surface area (Å²) in [7, 11) is 0. The Hall–Kier alpha value is -1.56. The van der Waals surface area contributed by atoms with Crippen LogP contribution in [0.15, 0.2) is 27.8 Å². The van der Waals surface area contributed by atoms with Crippen molar-refractivity contribution >= 4 is 33.4 Å². The normalized spacial score (nSPS) is 12.3. The minimum Gasteiger partial charge on any atom is -0.409 e. The van der Waals surface area contributed by atoms with Gasteiger partial charge in [0.05, 0.1) is 5.69 Å². The summed E-state index contributed by atoms with van der Waals surface area (Å²) in [4.78, 5) is 12.6. The zero-order valence-electron chi connectivity index (χ0n) is 11.9. The molecule has 6 heteroatoms. The summed E-state index contributed by atoms with van der Waals surface area (Å²) < 4.78 is 0.789. The molecule has 0 fully saturated rings. The number of carbonyl (C=O) groups excluding carboxylic acids is 1. The molecule has 4 N–H and O–H groups in total. The third-order valence-electron chi connectivity index (χ3n) is 3.61. The predicted octanol–water partition coefficient (Wildman–Crippen LogP) is 3.25. The lowest BCUT2D eigenvalue weighted by molar-refractivity contribution is -0.122. The number of benzene rings is 1. The molecular weight excluding hydrogens is 322 g/mol. The fourth-order valence-electron chi connectivity index (χ4n) is 2.12. The molecule has 0 aliphatic rings. The van der Waals surface area contributed by atoms with Gasteiger partial charge in [-0.05, 0) is 53.4 Å². The van der Waals surface area contributed by atoms with Gasteiger partial charge in [-0.15, -0.1) is 0 Å². The van der Waals surface area contributed by atoms with Crippen molar-refractivity contribution < 1.29 is 10.0 Å². The van der Waals surface area contributed by atoms with Crippen molar-refractivity contribution in [3.63, 3.8) is 0 Å². The van der Waals surface area contributed by atoms with Crippen LogP contribution in [0.5, 0.6) is 0 Å². The summed E-state index contributed by atoms with van der Waals surface area (Å²) in [5.41, 5.74) is 6.43. The van der Waals surface area contributed by atoms with Crippen molar-refractivity contribution in [3.05, 3.63) is 28.2 Å². The fourth-order valence-corrected chi connectivity index (χ4v) is 2.47. The Morgan fingerprint density at radius 2 is 2.05 bits per heavy atom.